The number of hydrogen-bond donors (Lipinski definition) is 0. The summed E-state index contributed by atoms with van der Waals surface area (Å²) < 4.78 is 22.2. The Morgan fingerprint density at radius 2 is 1.04 bits per heavy atom. The fourth-order valence-electron chi connectivity index (χ4n) is 1.75. The third kappa shape index (κ3) is 11.1. The summed E-state index contributed by atoms with van der Waals surface area (Å²) in [6, 6.07) is 0. The monoisotopic (exact) mass is 398 g/mol. The topological polar surface area (TPSA) is 71.1 Å². The minimum atomic E-state index is -2.19. The maximum atomic E-state index is 12.6. The molecule has 8 heteroatoms. The van der Waals surface area contributed by atoms with Gasteiger partial charge >= 0.3 is 11.9 Å². The van der Waals surface area contributed by atoms with Crippen LogP contribution in [0.3, 0.4) is 0 Å². The SMILES string of the molecule is CC#CCOC(=O)C(O[Si](C)(C)C)C(O[Si](C)(C)C)C(=O)OCC#CC. The molecule has 2 unspecified atom stereocenters. The van der Waals surface area contributed by atoms with Crippen molar-refractivity contribution < 1.29 is 27.9 Å². The minimum absolute atomic E-state index is 0.0725. The fourth-order valence-corrected chi connectivity index (χ4v) is 3.72. The lowest BCUT2D eigenvalue weighted by Crippen LogP contribution is -2.53. The van der Waals surface area contributed by atoms with Crippen molar-refractivity contribution in [2.24, 2.45) is 0 Å². The van der Waals surface area contributed by atoms with Crippen LogP contribution in [-0.2, 0) is 27.9 Å². The molecular weight excluding hydrogens is 368 g/mol. The van der Waals surface area contributed by atoms with Crippen LogP contribution >= 0.6 is 0 Å². The van der Waals surface area contributed by atoms with Gasteiger partial charge in [0.05, 0.1) is 0 Å². The number of carbonyl (C=O) groups excluding carboxylic acids is 2. The Hall–Kier alpha value is -1.59. The van der Waals surface area contributed by atoms with Crippen molar-refractivity contribution in [3.8, 4) is 23.7 Å². The van der Waals surface area contributed by atoms with Crippen LogP contribution in [0, 0.1) is 23.7 Å². The average Bonchev–Trinajstić information content (AvgIpc) is 2.49. The van der Waals surface area contributed by atoms with Gasteiger partial charge in [0, 0.05) is 0 Å². The van der Waals surface area contributed by atoms with Crippen molar-refractivity contribution in [1.29, 1.82) is 0 Å². The lowest BCUT2D eigenvalue weighted by Gasteiger charge is -2.33. The van der Waals surface area contributed by atoms with Crippen LogP contribution in [-0.4, -0.2) is 54.0 Å². The summed E-state index contributed by atoms with van der Waals surface area (Å²) in [7, 11) is -4.38. The summed E-state index contributed by atoms with van der Waals surface area (Å²) in [5, 5.41) is 0. The predicted molar refractivity (Wildman–Crippen MR) is 105 cm³/mol. The maximum Gasteiger partial charge on any atom is 0.338 e. The van der Waals surface area contributed by atoms with E-state index >= 15 is 0 Å². The quantitative estimate of drug-likeness (QED) is 0.338. The molecule has 0 saturated heterocycles. The third-order valence-corrected chi connectivity index (χ3v) is 4.55. The zero-order chi connectivity index (χ0) is 20.4. The number of hydrogen-bond acceptors (Lipinski definition) is 6. The predicted octanol–water partition coefficient (Wildman–Crippen LogP) is 2.56. The summed E-state index contributed by atoms with van der Waals surface area (Å²) in [4.78, 5) is 25.1. The Balaban J connectivity index is 5.62. The van der Waals surface area contributed by atoms with Gasteiger partial charge in [-0.1, -0.05) is 11.8 Å². The summed E-state index contributed by atoms with van der Waals surface area (Å²) in [5.74, 6) is 9.22. The van der Waals surface area contributed by atoms with E-state index in [0.717, 1.165) is 0 Å². The molecule has 0 bridgehead atoms. The van der Waals surface area contributed by atoms with Crippen LogP contribution in [0.5, 0.6) is 0 Å². The van der Waals surface area contributed by atoms with Crippen LogP contribution in [0.25, 0.3) is 0 Å². The number of esters is 2. The van der Waals surface area contributed by atoms with Gasteiger partial charge in [-0.15, -0.1) is 11.8 Å². The van der Waals surface area contributed by atoms with Crippen LogP contribution in [0.1, 0.15) is 13.8 Å². The molecule has 0 N–H and O–H groups in total. The molecule has 0 spiro atoms. The zero-order valence-corrected chi connectivity index (χ0v) is 19.0. The Kier molecular flexibility index (Phi) is 10.5. The summed E-state index contributed by atoms with van der Waals surface area (Å²) in [6.07, 6.45) is -2.40. The molecule has 6 nitrogen and oxygen atoms in total. The van der Waals surface area contributed by atoms with Crippen molar-refractivity contribution >= 4 is 28.6 Å². The van der Waals surface area contributed by atoms with Gasteiger partial charge in [-0.2, -0.15) is 0 Å². The van der Waals surface area contributed by atoms with Gasteiger partial charge in [-0.25, -0.2) is 9.59 Å². The van der Waals surface area contributed by atoms with E-state index in [9.17, 15) is 9.59 Å². The molecule has 0 heterocycles. The first-order valence-electron chi connectivity index (χ1n) is 8.39. The van der Waals surface area contributed by atoms with Crippen molar-refractivity contribution in [3.05, 3.63) is 0 Å². The highest BCUT2D eigenvalue weighted by Gasteiger charge is 2.43. The average molecular weight is 399 g/mol. The van der Waals surface area contributed by atoms with E-state index in [2.05, 4.69) is 23.7 Å². The van der Waals surface area contributed by atoms with Gasteiger partial charge in [0.15, 0.2) is 42.1 Å². The Morgan fingerprint density at radius 1 is 0.731 bits per heavy atom. The second-order valence-electron chi connectivity index (χ2n) is 7.37. The molecule has 0 aliphatic carbocycles. The number of carbonyl (C=O) groups is 2. The normalized spacial score (nSPS) is 13.4. The fraction of sp³-hybridized carbons (Fsp3) is 0.667. The summed E-state index contributed by atoms with van der Waals surface area (Å²) >= 11 is 0. The van der Waals surface area contributed by atoms with Crippen molar-refractivity contribution in [1.82, 2.24) is 0 Å². The summed E-state index contributed by atoms with van der Waals surface area (Å²) in [6.45, 7) is 14.6. The molecule has 0 fully saturated rings. The third-order valence-electron chi connectivity index (χ3n) is 2.63. The molecule has 2 atom stereocenters. The lowest BCUT2D eigenvalue weighted by molar-refractivity contribution is -0.168. The van der Waals surface area contributed by atoms with E-state index in [0.29, 0.717) is 0 Å². The number of ether oxygens (including phenoxy) is 2. The molecule has 0 aromatic rings. The van der Waals surface area contributed by atoms with Gasteiger partial charge in [0.1, 0.15) is 0 Å². The van der Waals surface area contributed by atoms with E-state index in [1.807, 2.05) is 39.3 Å². The van der Waals surface area contributed by atoms with Crippen LogP contribution < -0.4 is 0 Å². The highest BCUT2D eigenvalue weighted by Crippen LogP contribution is 2.19. The van der Waals surface area contributed by atoms with Gasteiger partial charge in [-0.3, -0.25) is 0 Å². The van der Waals surface area contributed by atoms with E-state index in [1.165, 1.54) is 0 Å². The molecule has 0 radical (unpaired) electrons. The zero-order valence-electron chi connectivity index (χ0n) is 17.0. The summed E-state index contributed by atoms with van der Waals surface area (Å²) in [5.41, 5.74) is 0. The first-order chi connectivity index (χ1) is 11.9. The van der Waals surface area contributed by atoms with Gasteiger partial charge in [0.25, 0.3) is 0 Å². The van der Waals surface area contributed by atoms with E-state index in [4.69, 9.17) is 18.3 Å². The van der Waals surface area contributed by atoms with Crippen molar-refractivity contribution in [3.63, 3.8) is 0 Å². The molecule has 0 amide bonds. The first-order valence-corrected chi connectivity index (χ1v) is 15.2. The molecule has 0 aromatic heterocycles. The largest absolute Gasteiger partial charge is 0.451 e. The highest BCUT2D eigenvalue weighted by molar-refractivity contribution is 6.70. The van der Waals surface area contributed by atoms with Crippen molar-refractivity contribution in [2.75, 3.05) is 13.2 Å². The Morgan fingerprint density at radius 3 is 1.27 bits per heavy atom. The lowest BCUT2D eigenvalue weighted by atomic mass is 10.2. The van der Waals surface area contributed by atoms with E-state index in [-0.39, 0.29) is 13.2 Å². The van der Waals surface area contributed by atoms with Gasteiger partial charge in [0.2, 0.25) is 0 Å². The van der Waals surface area contributed by atoms with Gasteiger partial charge < -0.3 is 18.3 Å². The van der Waals surface area contributed by atoms with Crippen LogP contribution in [0.15, 0.2) is 0 Å². The molecule has 0 aliphatic heterocycles. The molecule has 0 aromatic carbocycles. The van der Waals surface area contributed by atoms with E-state index in [1.54, 1.807) is 13.8 Å². The second kappa shape index (κ2) is 11.2. The highest BCUT2D eigenvalue weighted by atomic mass is 28.4. The van der Waals surface area contributed by atoms with Gasteiger partial charge in [-0.05, 0) is 53.1 Å². The molecule has 0 aliphatic rings. The molecule has 146 valence electrons. The molecular formula is C18H30O6Si2. The molecule has 0 rings (SSSR count). The maximum absolute atomic E-state index is 12.6. The second-order valence-corrected chi connectivity index (χ2v) is 16.3. The Labute approximate surface area is 159 Å². The number of rotatable bonds is 9. The first kappa shape index (κ1) is 24.4. The standard InChI is InChI=1S/C18H30O6Si2/c1-9-11-13-21-17(19)15(23-25(3,4)5)16(24-26(6,7)8)18(20)22-14-12-10-2/h15-16H,13-14H2,1-8H3. The smallest absolute Gasteiger partial charge is 0.338 e. The van der Waals surface area contributed by atoms with Crippen LogP contribution in [0.2, 0.25) is 39.3 Å². The molecule has 0 saturated carbocycles. The minimum Gasteiger partial charge on any atom is -0.451 e. The van der Waals surface area contributed by atoms with Crippen LogP contribution in [0.4, 0.5) is 0 Å². The Bertz CT molecular complexity index is 542. The molecule has 26 heavy (non-hydrogen) atoms. The van der Waals surface area contributed by atoms with Crippen molar-refractivity contribution in [2.45, 2.75) is 65.3 Å². The van der Waals surface area contributed by atoms with E-state index < -0.39 is 40.8 Å².